The first-order chi connectivity index (χ1) is 6.61. The number of rotatable bonds is 0. The van der Waals surface area contributed by atoms with E-state index in [0.717, 1.165) is 6.07 Å². The van der Waals surface area contributed by atoms with Gasteiger partial charge in [-0.25, -0.2) is 13.2 Å². The molecule has 1 aliphatic rings. The second-order valence-electron chi connectivity index (χ2n) is 3.49. The molecule has 0 radical (unpaired) electrons. The minimum Gasteiger partial charge on any atom is -0.206 e. The van der Waals surface area contributed by atoms with Gasteiger partial charge in [0.1, 0.15) is 5.83 Å². The van der Waals surface area contributed by atoms with E-state index in [1.165, 1.54) is 6.07 Å². The number of benzene rings is 1. The highest BCUT2D eigenvalue weighted by atomic mass is 19.2. The summed E-state index contributed by atoms with van der Waals surface area (Å²) in [6, 6.07) is 2.49. The van der Waals surface area contributed by atoms with E-state index in [1.54, 1.807) is 6.92 Å². The standard InChI is InChI=1S/C11H9F3/c1-6-2-3-7-4-5-8(12)11(14)9(7)10(6)13/h4-5H,2-3H2,1H3. The second kappa shape index (κ2) is 3.15. The van der Waals surface area contributed by atoms with Crippen molar-refractivity contribution in [3.05, 3.63) is 40.5 Å². The topological polar surface area (TPSA) is 0 Å². The summed E-state index contributed by atoms with van der Waals surface area (Å²) in [5.41, 5.74) is 0.850. The molecule has 0 aromatic heterocycles. The maximum Gasteiger partial charge on any atom is 0.169 e. The lowest BCUT2D eigenvalue weighted by atomic mass is 9.91. The molecule has 0 unspecified atom stereocenters. The van der Waals surface area contributed by atoms with Crippen LogP contribution in [-0.4, -0.2) is 0 Å². The number of aryl methyl sites for hydroxylation is 1. The lowest BCUT2D eigenvalue weighted by molar-refractivity contribution is 0.499. The van der Waals surface area contributed by atoms with Crippen molar-refractivity contribution in [2.24, 2.45) is 0 Å². The van der Waals surface area contributed by atoms with Crippen molar-refractivity contribution in [3.63, 3.8) is 0 Å². The third-order valence-corrected chi connectivity index (χ3v) is 2.54. The molecule has 0 spiro atoms. The molecule has 0 nitrogen and oxygen atoms in total. The highest BCUT2D eigenvalue weighted by molar-refractivity contribution is 5.67. The van der Waals surface area contributed by atoms with Crippen molar-refractivity contribution in [1.82, 2.24) is 0 Å². The van der Waals surface area contributed by atoms with Crippen molar-refractivity contribution in [1.29, 1.82) is 0 Å². The van der Waals surface area contributed by atoms with E-state index >= 15 is 0 Å². The molecule has 0 fully saturated rings. The largest absolute Gasteiger partial charge is 0.206 e. The van der Waals surface area contributed by atoms with Crippen LogP contribution in [0.2, 0.25) is 0 Å². The van der Waals surface area contributed by atoms with E-state index in [0.29, 0.717) is 24.0 Å². The lowest BCUT2D eigenvalue weighted by Gasteiger charge is -2.16. The summed E-state index contributed by atoms with van der Waals surface area (Å²) in [4.78, 5) is 0. The predicted molar refractivity (Wildman–Crippen MR) is 48.4 cm³/mol. The van der Waals surface area contributed by atoms with Crippen LogP contribution in [0, 0.1) is 11.6 Å². The molecule has 1 aromatic rings. The Balaban J connectivity index is 2.71. The van der Waals surface area contributed by atoms with Gasteiger partial charge in [0, 0.05) is 0 Å². The zero-order valence-corrected chi connectivity index (χ0v) is 7.70. The maximum absolute atomic E-state index is 13.5. The van der Waals surface area contributed by atoms with Gasteiger partial charge in [-0.1, -0.05) is 6.07 Å². The molecule has 0 saturated heterocycles. The Morgan fingerprint density at radius 1 is 1.07 bits per heavy atom. The van der Waals surface area contributed by atoms with Crippen molar-refractivity contribution in [2.45, 2.75) is 19.8 Å². The average Bonchev–Trinajstić information content (AvgIpc) is 2.17. The fourth-order valence-electron chi connectivity index (χ4n) is 1.68. The summed E-state index contributed by atoms with van der Waals surface area (Å²) >= 11 is 0. The van der Waals surface area contributed by atoms with Crippen LogP contribution in [-0.2, 0) is 6.42 Å². The van der Waals surface area contributed by atoms with Gasteiger partial charge < -0.3 is 0 Å². The molecule has 3 heteroatoms. The van der Waals surface area contributed by atoms with Crippen LogP contribution in [0.25, 0.3) is 5.83 Å². The van der Waals surface area contributed by atoms with Crippen LogP contribution in [0.4, 0.5) is 13.2 Å². The SMILES string of the molecule is CC1=C(F)c2c(ccc(F)c2F)CC1. The van der Waals surface area contributed by atoms with Gasteiger partial charge >= 0.3 is 0 Å². The van der Waals surface area contributed by atoms with E-state index in [9.17, 15) is 13.2 Å². The van der Waals surface area contributed by atoms with Crippen molar-refractivity contribution < 1.29 is 13.2 Å². The van der Waals surface area contributed by atoms with Crippen LogP contribution in [0.1, 0.15) is 24.5 Å². The molecule has 74 valence electrons. The molecule has 0 bridgehead atoms. The molecule has 1 aromatic carbocycles. The summed E-state index contributed by atoms with van der Waals surface area (Å²) in [6.45, 7) is 1.60. The van der Waals surface area contributed by atoms with Crippen molar-refractivity contribution in [2.75, 3.05) is 0 Å². The summed E-state index contributed by atoms with van der Waals surface area (Å²) in [6.07, 6.45) is 1.15. The summed E-state index contributed by atoms with van der Waals surface area (Å²) in [5, 5.41) is 0. The number of allylic oxidation sites excluding steroid dienone is 1. The Hall–Kier alpha value is -1.25. The quantitative estimate of drug-likeness (QED) is 0.597. The zero-order valence-electron chi connectivity index (χ0n) is 7.70. The fourth-order valence-corrected chi connectivity index (χ4v) is 1.68. The minimum absolute atomic E-state index is 0.186. The Morgan fingerprint density at radius 2 is 1.79 bits per heavy atom. The number of hydrogen-bond acceptors (Lipinski definition) is 0. The Morgan fingerprint density at radius 3 is 2.50 bits per heavy atom. The Bertz CT molecular complexity index is 419. The van der Waals surface area contributed by atoms with Gasteiger partial charge in [-0.3, -0.25) is 0 Å². The normalized spacial score (nSPS) is 15.7. The van der Waals surface area contributed by atoms with Gasteiger partial charge in [-0.15, -0.1) is 0 Å². The molecule has 0 saturated carbocycles. The van der Waals surface area contributed by atoms with Gasteiger partial charge in [0.25, 0.3) is 0 Å². The molecule has 0 N–H and O–H groups in total. The van der Waals surface area contributed by atoms with Crippen molar-refractivity contribution >= 4 is 5.83 Å². The highest BCUT2D eigenvalue weighted by Gasteiger charge is 2.22. The summed E-state index contributed by atoms with van der Waals surface area (Å²) in [7, 11) is 0. The first kappa shape index (κ1) is 9.31. The molecular weight excluding hydrogens is 189 g/mol. The molecule has 0 amide bonds. The minimum atomic E-state index is -1.07. The maximum atomic E-state index is 13.5. The number of halogens is 3. The molecule has 0 heterocycles. The Kier molecular flexibility index (Phi) is 2.10. The van der Waals surface area contributed by atoms with Crippen LogP contribution in [0.5, 0.6) is 0 Å². The first-order valence-electron chi connectivity index (χ1n) is 4.43. The third-order valence-electron chi connectivity index (χ3n) is 2.54. The first-order valence-corrected chi connectivity index (χ1v) is 4.43. The van der Waals surface area contributed by atoms with E-state index in [-0.39, 0.29) is 5.56 Å². The lowest BCUT2D eigenvalue weighted by Crippen LogP contribution is -2.05. The zero-order chi connectivity index (χ0) is 10.3. The van der Waals surface area contributed by atoms with Crippen LogP contribution < -0.4 is 0 Å². The average molecular weight is 198 g/mol. The van der Waals surface area contributed by atoms with Gasteiger partial charge in [0.05, 0.1) is 5.56 Å². The van der Waals surface area contributed by atoms with Gasteiger partial charge in [0.2, 0.25) is 0 Å². The second-order valence-corrected chi connectivity index (χ2v) is 3.49. The number of hydrogen-bond donors (Lipinski definition) is 0. The van der Waals surface area contributed by atoms with E-state index in [2.05, 4.69) is 0 Å². The summed E-state index contributed by atoms with van der Waals surface area (Å²) < 4.78 is 39.6. The van der Waals surface area contributed by atoms with E-state index in [1.807, 2.05) is 0 Å². The molecule has 1 aliphatic carbocycles. The fraction of sp³-hybridized carbons (Fsp3) is 0.273. The third kappa shape index (κ3) is 1.24. The predicted octanol–water partition coefficient (Wildman–Crippen LogP) is 3.61. The van der Waals surface area contributed by atoms with Gasteiger partial charge in [-0.2, -0.15) is 0 Å². The van der Waals surface area contributed by atoms with Gasteiger partial charge in [0.15, 0.2) is 11.6 Å². The van der Waals surface area contributed by atoms with Crippen molar-refractivity contribution in [3.8, 4) is 0 Å². The smallest absolute Gasteiger partial charge is 0.169 e. The van der Waals surface area contributed by atoms with E-state index < -0.39 is 17.5 Å². The summed E-state index contributed by atoms with van der Waals surface area (Å²) in [5.74, 6) is -2.67. The molecule has 0 atom stereocenters. The molecule has 14 heavy (non-hydrogen) atoms. The van der Waals surface area contributed by atoms with Crippen LogP contribution >= 0.6 is 0 Å². The molecule has 0 aliphatic heterocycles. The van der Waals surface area contributed by atoms with Crippen LogP contribution in [0.15, 0.2) is 17.7 Å². The monoisotopic (exact) mass is 198 g/mol. The highest BCUT2D eigenvalue weighted by Crippen LogP contribution is 2.34. The Labute approximate surface area is 80.1 Å². The molecular formula is C11H9F3. The van der Waals surface area contributed by atoms with Gasteiger partial charge in [-0.05, 0) is 37.0 Å². The molecule has 2 rings (SSSR count). The van der Waals surface area contributed by atoms with Crippen LogP contribution in [0.3, 0.4) is 0 Å². The van der Waals surface area contributed by atoms with E-state index in [4.69, 9.17) is 0 Å². The number of fused-ring (bicyclic) bond motifs is 1.